The number of halogens is 2. The number of methoxy groups -OCH3 is 2. The van der Waals surface area contributed by atoms with E-state index in [-0.39, 0.29) is 16.7 Å². The van der Waals surface area contributed by atoms with Crippen molar-refractivity contribution < 1.29 is 23.4 Å². The molecule has 42 heavy (non-hydrogen) atoms. The number of hydrogen-bond acceptors (Lipinski definition) is 8. The first kappa shape index (κ1) is 28.6. The van der Waals surface area contributed by atoms with Gasteiger partial charge in [-0.3, -0.25) is 10.00 Å². The Morgan fingerprint density at radius 3 is 2.55 bits per heavy atom. The number of hydrogen-bond donors (Lipinski definition) is 1. The second kappa shape index (κ2) is 12.3. The van der Waals surface area contributed by atoms with Crippen LogP contribution in [0, 0.1) is 11.0 Å². The van der Waals surface area contributed by atoms with Gasteiger partial charge in [-0.1, -0.05) is 23.7 Å². The zero-order chi connectivity index (χ0) is 29.8. The lowest BCUT2D eigenvalue weighted by Gasteiger charge is -2.21. The molecule has 1 unspecified atom stereocenters. The van der Waals surface area contributed by atoms with Crippen molar-refractivity contribution in [2.75, 3.05) is 19.5 Å². The molecule has 0 aliphatic carbocycles. The van der Waals surface area contributed by atoms with Gasteiger partial charge in [-0.05, 0) is 53.2 Å². The molecule has 14 heteroatoms. The minimum absolute atomic E-state index is 0.0827. The molecule has 0 aliphatic rings. The SMILES string of the molecule is COC(=O)Nc1ccc(-c2cnn([C@@H](CC(C)OC)c3ccc(-c4c(-n5cnnn5)ccc(Cl)c4F)c[n+]3[O-])c2)cc1. The second-order valence-corrected chi connectivity index (χ2v) is 9.79. The highest BCUT2D eigenvalue weighted by Gasteiger charge is 2.27. The van der Waals surface area contributed by atoms with Gasteiger partial charge in [0, 0.05) is 37.0 Å². The predicted octanol–water partition coefficient (Wildman–Crippen LogP) is 4.81. The molecule has 0 fully saturated rings. The lowest BCUT2D eigenvalue weighted by atomic mass is 10.0. The number of rotatable bonds is 9. The summed E-state index contributed by atoms with van der Waals surface area (Å²) in [5, 5.41) is 31.7. The molecule has 1 N–H and O–H groups in total. The van der Waals surface area contributed by atoms with Crippen molar-refractivity contribution in [1.29, 1.82) is 0 Å². The summed E-state index contributed by atoms with van der Waals surface area (Å²) in [6.45, 7) is 1.90. The van der Waals surface area contributed by atoms with Gasteiger partial charge in [-0.15, -0.1) is 5.10 Å². The Labute approximate surface area is 244 Å². The van der Waals surface area contributed by atoms with Gasteiger partial charge in [0.2, 0.25) is 5.69 Å². The van der Waals surface area contributed by atoms with Crippen LogP contribution < -0.4 is 10.0 Å². The van der Waals surface area contributed by atoms with Gasteiger partial charge in [-0.25, -0.2) is 9.18 Å². The number of pyridine rings is 1. The van der Waals surface area contributed by atoms with Gasteiger partial charge in [0.25, 0.3) is 0 Å². The molecule has 0 aliphatic heterocycles. The molecule has 0 saturated carbocycles. The van der Waals surface area contributed by atoms with E-state index in [4.69, 9.17) is 16.3 Å². The number of amides is 1. The molecule has 0 saturated heterocycles. The molecule has 3 heterocycles. The smallest absolute Gasteiger partial charge is 0.411 e. The normalized spacial score (nSPS) is 12.6. The van der Waals surface area contributed by atoms with Crippen LogP contribution in [0.4, 0.5) is 14.9 Å². The van der Waals surface area contributed by atoms with Crippen LogP contribution >= 0.6 is 11.6 Å². The van der Waals surface area contributed by atoms with Gasteiger partial charge < -0.3 is 14.7 Å². The van der Waals surface area contributed by atoms with Crippen molar-refractivity contribution in [2.24, 2.45) is 0 Å². The molecule has 0 bridgehead atoms. The quantitative estimate of drug-likeness (QED) is 0.190. The summed E-state index contributed by atoms with van der Waals surface area (Å²) in [7, 11) is 2.89. The molecular weight excluding hydrogens is 567 g/mol. The molecular formula is C28H26ClFN8O4. The molecule has 5 rings (SSSR count). The highest BCUT2D eigenvalue weighted by molar-refractivity contribution is 6.31. The molecule has 0 spiro atoms. The van der Waals surface area contributed by atoms with E-state index in [1.165, 1.54) is 30.4 Å². The number of benzene rings is 2. The molecule has 12 nitrogen and oxygen atoms in total. The summed E-state index contributed by atoms with van der Waals surface area (Å²) in [5.41, 5.74) is 3.31. The fraction of sp³-hybridized carbons (Fsp3) is 0.214. The number of nitrogens with one attached hydrogen (secondary N) is 1. The number of aromatic nitrogens is 7. The lowest BCUT2D eigenvalue weighted by molar-refractivity contribution is -0.615. The Bertz CT molecular complexity index is 1700. The Kier molecular flexibility index (Phi) is 8.41. The summed E-state index contributed by atoms with van der Waals surface area (Å²) in [6, 6.07) is 12.9. The van der Waals surface area contributed by atoms with Crippen LogP contribution in [0.2, 0.25) is 5.02 Å². The number of carbonyl (C=O) groups excluding carboxylic acids is 1. The monoisotopic (exact) mass is 592 g/mol. The molecule has 3 aromatic heterocycles. The summed E-state index contributed by atoms with van der Waals surface area (Å²) in [4.78, 5) is 11.5. The summed E-state index contributed by atoms with van der Waals surface area (Å²) >= 11 is 6.09. The van der Waals surface area contributed by atoms with E-state index in [9.17, 15) is 10.0 Å². The van der Waals surface area contributed by atoms with Crippen LogP contribution in [0.15, 0.2) is 73.4 Å². The van der Waals surface area contributed by atoms with Crippen LogP contribution in [-0.2, 0) is 9.47 Å². The predicted molar refractivity (Wildman–Crippen MR) is 151 cm³/mol. The van der Waals surface area contributed by atoms with E-state index < -0.39 is 18.0 Å². The third-order valence-electron chi connectivity index (χ3n) is 6.77. The number of anilines is 1. The average molecular weight is 593 g/mol. The van der Waals surface area contributed by atoms with Gasteiger partial charge in [0.15, 0.2) is 12.0 Å². The number of nitrogens with zero attached hydrogens (tertiary/aromatic N) is 7. The summed E-state index contributed by atoms with van der Waals surface area (Å²) in [5.74, 6) is -0.702. The first-order valence-corrected chi connectivity index (χ1v) is 13.1. The van der Waals surface area contributed by atoms with E-state index >= 15 is 4.39 Å². The van der Waals surface area contributed by atoms with Crippen LogP contribution in [0.25, 0.3) is 27.9 Å². The van der Waals surface area contributed by atoms with Gasteiger partial charge >= 0.3 is 6.09 Å². The van der Waals surface area contributed by atoms with Crippen molar-refractivity contribution in [3.63, 3.8) is 0 Å². The molecule has 216 valence electrons. The maximum atomic E-state index is 15.3. The van der Waals surface area contributed by atoms with Gasteiger partial charge in [0.1, 0.15) is 12.4 Å². The maximum Gasteiger partial charge on any atom is 0.411 e. The molecule has 0 radical (unpaired) electrons. The van der Waals surface area contributed by atoms with E-state index in [2.05, 4.69) is 30.7 Å². The van der Waals surface area contributed by atoms with Crippen molar-refractivity contribution >= 4 is 23.4 Å². The first-order chi connectivity index (χ1) is 20.3. The second-order valence-electron chi connectivity index (χ2n) is 9.38. The van der Waals surface area contributed by atoms with Gasteiger partial charge in [0.05, 0.1) is 41.2 Å². The van der Waals surface area contributed by atoms with Crippen LogP contribution in [0.3, 0.4) is 0 Å². The number of ether oxygens (including phenoxy) is 2. The van der Waals surface area contributed by atoms with Crippen LogP contribution in [0.5, 0.6) is 0 Å². The largest absolute Gasteiger partial charge is 0.618 e. The minimum atomic E-state index is -0.702. The van der Waals surface area contributed by atoms with E-state index in [1.807, 2.05) is 25.3 Å². The topological polar surface area (TPSA) is 136 Å². The Balaban J connectivity index is 1.50. The molecule has 1 amide bonds. The van der Waals surface area contributed by atoms with Crippen molar-refractivity contribution in [2.45, 2.75) is 25.5 Å². The lowest BCUT2D eigenvalue weighted by Crippen LogP contribution is -2.36. The molecule has 5 aromatic rings. The highest BCUT2D eigenvalue weighted by Crippen LogP contribution is 2.34. The summed E-state index contributed by atoms with van der Waals surface area (Å²) in [6.07, 6.45) is 5.80. The van der Waals surface area contributed by atoms with Crippen molar-refractivity contribution in [3.8, 4) is 27.9 Å². The fourth-order valence-corrected chi connectivity index (χ4v) is 4.68. The number of carbonyl (C=O) groups is 1. The van der Waals surface area contributed by atoms with E-state index in [0.29, 0.717) is 33.8 Å². The van der Waals surface area contributed by atoms with E-state index in [1.54, 1.807) is 48.3 Å². The minimum Gasteiger partial charge on any atom is -0.618 e. The first-order valence-electron chi connectivity index (χ1n) is 12.8. The molecule has 2 atom stereocenters. The van der Waals surface area contributed by atoms with Crippen molar-refractivity contribution in [3.05, 3.63) is 95.2 Å². The zero-order valence-corrected chi connectivity index (χ0v) is 23.6. The Morgan fingerprint density at radius 2 is 1.88 bits per heavy atom. The van der Waals surface area contributed by atoms with Crippen LogP contribution in [0.1, 0.15) is 25.1 Å². The zero-order valence-electron chi connectivity index (χ0n) is 22.8. The Hall–Kier alpha value is -4.88. The third kappa shape index (κ3) is 5.92. The van der Waals surface area contributed by atoms with E-state index in [0.717, 1.165) is 11.1 Å². The highest BCUT2D eigenvalue weighted by atomic mass is 35.5. The van der Waals surface area contributed by atoms with Gasteiger partial charge in [-0.2, -0.15) is 14.5 Å². The molecule has 2 aromatic carbocycles. The average Bonchev–Trinajstić information content (AvgIpc) is 3.71. The Morgan fingerprint density at radius 1 is 1.12 bits per heavy atom. The fourth-order valence-electron chi connectivity index (χ4n) is 4.52. The van der Waals surface area contributed by atoms with Crippen molar-refractivity contribution in [1.82, 2.24) is 30.0 Å². The maximum absolute atomic E-state index is 15.3. The van der Waals surface area contributed by atoms with Crippen LogP contribution in [-0.4, -0.2) is 56.4 Å². The standard InChI is InChI=1S/C28H26ClFN8O4/c1-17(41-2)12-25(36-14-20(13-32-36)18-4-7-21(8-5-18)33-28(39)42-3)23-10-6-19(15-38(23)40)26-24(37-16-31-34-35-37)11-9-22(29)27(26)30/h4-11,13-17,25H,12H2,1-3H3,(H,33,39)/t17?,25-/m0/s1. The summed E-state index contributed by atoms with van der Waals surface area (Å²) < 4.78 is 29.1. The number of tetrazole rings is 1. The third-order valence-corrected chi connectivity index (χ3v) is 7.06.